The largest absolute Gasteiger partial charge is 0.383 e. The molecule has 0 bridgehead atoms. The van der Waals surface area contributed by atoms with Crippen LogP contribution in [0.4, 0.5) is 11.6 Å². The number of nitrogens with one attached hydrogen (secondary N) is 1. The highest BCUT2D eigenvalue weighted by Gasteiger charge is 2.42. The second-order valence-corrected chi connectivity index (χ2v) is 9.51. The van der Waals surface area contributed by atoms with Gasteiger partial charge in [0.25, 0.3) is 0 Å². The Bertz CT molecular complexity index is 1040. The molecule has 146 valence electrons. The van der Waals surface area contributed by atoms with Gasteiger partial charge in [-0.1, -0.05) is 54.9 Å². The van der Waals surface area contributed by atoms with Crippen LogP contribution in [0.25, 0.3) is 0 Å². The number of thioether (sulfide) groups is 1. The van der Waals surface area contributed by atoms with E-state index in [1.807, 2.05) is 12.3 Å². The Morgan fingerprint density at radius 2 is 1.96 bits per heavy atom. The van der Waals surface area contributed by atoms with Crippen molar-refractivity contribution in [2.75, 3.05) is 17.3 Å². The molecular formula is C20H20Cl2N4OS. The predicted molar refractivity (Wildman–Crippen MR) is 115 cm³/mol. The first-order chi connectivity index (χ1) is 13.2. The first-order valence-electron chi connectivity index (χ1n) is 8.90. The maximum atomic E-state index is 13.2. The number of fused-ring (bicyclic) bond motifs is 1. The topological polar surface area (TPSA) is 80.9 Å². The summed E-state index contributed by atoms with van der Waals surface area (Å²) >= 11 is 13.8. The standard InChI is InChI=1S/C20H20Cl2N4OS/c1-20(2)7-12-15(13(27)8-20)14(9-4-5-10(21)11(22)6-9)16-17(23)25-19(28-3)26-18(16)24-12/h4-6,14H,7-8H2,1-3H3,(H3,23,24,25,26). The van der Waals surface area contributed by atoms with Crippen molar-refractivity contribution >= 4 is 52.4 Å². The minimum absolute atomic E-state index is 0.105. The summed E-state index contributed by atoms with van der Waals surface area (Å²) in [5.74, 6) is 0.744. The molecule has 5 nitrogen and oxygen atoms in total. The Kier molecular flexibility index (Phi) is 4.84. The molecule has 28 heavy (non-hydrogen) atoms. The van der Waals surface area contributed by atoms with Gasteiger partial charge in [0, 0.05) is 29.2 Å². The molecule has 0 fully saturated rings. The van der Waals surface area contributed by atoms with Crippen LogP contribution in [0.15, 0.2) is 34.6 Å². The zero-order chi connectivity index (χ0) is 20.2. The molecule has 0 saturated carbocycles. The van der Waals surface area contributed by atoms with Crippen molar-refractivity contribution in [2.45, 2.75) is 37.8 Å². The number of nitrogen functional groups attached to an aromatic ring is 1. The number of carbonyl (C=O) groups excluding carboxylic acids is 1. The van der Waals surface area contributed by atoms with Crippen molar-refractivity contribution in [1.82, 2.24) is 9.97 Å². The van der Waals surface area contributed by atoms with Gasteiger partial charge in [-0.3, -0.25) is 4.79 Å². The third-order valence-electron chi connectivity index (χ3n) is 5.18. The van der Waals surface area contributed by atoms with Crippen LogP contribution in [0, 0.1) is 5.41 Å². The van der Waals surface area contributed by atoms with Gasteiger partial charge in [0.2, 0.25) is 0 Å². The summed E-state index contributed by atoms with van der Waals surface area (Å²) in [7, 11) is 0. The van der Waals surface area contributed by atoms with Crippen LogP contribution >= 0.6 is 35.0 Å². The lowest BCUT2D eigenvalue weighted by Gasteiger charge is -2.39. The molecule has 2 aromatic rings. The molecule has 8 heteroatoms. The summed E-state index contributed by atoms with van der Waals surface area (Å²) < 4.78 is 0. The Morgan fingerprint density at radius 1 is 1.21 bits per heavy atom. The maximum absolute atomic E-state index is 13.2. The maximum Gasteiger partial charge on any atom is 0.191 e. The second kappa shape index (κ2) is 6.94. The molecule has 3 N–H and O–H groups in total. The number of hydrogen-bond acceptors (Lipinski definition) is 6. The smallest absolute Gasteiger partial charge is 0.191 e. The Labute approximate surface area is 178 Å². The van der Waals surface area contributed by atoms with Gasteiger partial charge in [-0.15, -0.1) is 0 Å². The van der Waals surface area contributed by atoms with E-state index in [2.05, 4.69) is 29.1 Å². The summed E-state index contributed by atoms with van der Waals surface area (Å²) in [5.41, 5.74) is 9.40. The molecule has 2 aliphatic rings. The number of ketones is 1. The van der Waals surface area contributed by atoms with E-state index < -0.39 is 0 Å². The van der Waals surface area contributed by atoms with Gasteiger partial charge in [-0.2, -0.15) is 0 Å². The van der Waals surface area contributed by atoms with E-state index in [1.165, 1.54) is 11.8 Å². The molecule has 1 aliphatic carbocycles. The monoisotopic (exact) mass is 434 g/mol. The third-order valence-corrected chi connectivity index (χ3v) is 6.47. The van der Waals surface area contributed by atoms with Crippen LogP contribution in [-0.4, -0.2) is 22.0 Å². The predicted octanol–water partition coefficient (Wildman–Crippen LogP) is 5.29. The SMILES string of the molecule is CSc1nc(N)c2c(n1)NC1=C(C(=O)CC(C)(C)C1)C2c1ccc(Cl)c(Cl)c1. The fraction of sp³-hybridized carbons (Fsp3) is 0.350. The molecule has 1 atom stereocenters. The molecule has 0 spiro atoms. The van der Waals surface area contributed by atoms with Gasteiger partial charge < -0.3 is 11.1 Å². The van der Waals surface area contributed by atoms with E-state index in [4.69, 9.17) is 28.9 Å². The summed E-state index contributed by atoms with van der Waals surface area (Å²) in [5, 5.41) is 4.87. The quantitative estimate of drug-likeness (QED) is 0.493. The minimum Gasteiger partial charge on any atom is -0.383 e. The highest BCUT2D eigenvalue weighted by atomic mass is 35.5. The average Bonchev–Trinajstić information content (AvgIpc) is 2.61. The lowest BCUT2D eigenvalue weighted by atomic mass is 9.69. The van der Waals surface area contributed by atoms with Gasteiger partial charge in [0.15, 0.2) is 10.9 Å². The number of halogens is 2. The summed E-state index contributed by atoms with van der Waals surface area (Å²) in [6, 6.07) is 5.42. The van der Waals surface area contributed by atoms with Crippen molar-refractivity contribution in [1.29, 1.82) is 0 Å². The van der Waals surface area contributed by atoms with Gasteiger partial charge in [-0.05, 0) is 35.8 Å². The molecule has 1 unspecified atom stereocenters. The van der Waals surface area contributed by atoms with Gasteiger partial charge in [-0.25, -0.2) is 9.97 Å². The highest BCUT2D eigenvalue weighted by molar-refractivity contribution is 7.98. The first-order valence-corrected chi connectivity index (χ1v) is 10.9. The van der Waals surface area contributed by atoms with Crippen molar-refractivity contribution in [3.63, 3.8) is 0 Å². The van der Waals surface area contributed by atoms with Crippen molar-refractivity contribution in [3.8, 4) is 0 Å². The molecule has 0 radical (unpaired) electrons. The average molecular weight is 435 g/mol. The Morgan fingerprint density at radius 3 is 2.64 bits per heavy atom. The van der Waals surface area contributed by atoms with Crippen LogP contribution < -0.4 is 11.1 Å². The molecule has 1 aromatic carbocycles. The number of anilines is 2. The lowest BCUT2D eigenvalue weighted by Crippen LogP contribution is -2.34. The van der Waals surface area contributed by atoms with Crippen molar-refractivity contribution in [3.05, 3.63) is 50.6 Å². The fourth-order valence-electron chi connectivity index (χ4n) is 4.03. The Balaban J connectivity index is 1.98. The fourth-order valence-corrected chi connectivity index (χ4v) is 4.71. The first kappa shape index (κ1) is 19.6. The molecule has 0 saturated heterocycles. The van der Waals surface area contributed by atoms with Crippen molar-refractivity contribution < 1.29 is 4.79 Å². The van der Waals surface area contributed by atoms with E-state index in [9.17, 15) is 4.79 Å². The van der Waals surface area contributed by atoms with E-state index in [0.717, 1.165) is 23.3 Å². The van der Waals surface area contributed by atoms with E-state index in [1.54, 1.807) is 12.1 Å². The molecule has 4 rings (SSSR count). The van der Waals surface area contributed by atoms with E-state index in [-0.39, 0.29) is 17.1 Å². The van der Waals surface area contributed by atoms with Crippen LogP contribution in [0.3, 0.4) is 0 Å². The Hall–Kier alpha value is -1.76. The molecule has 2 heterocycles. The van der Waals surface area contributed by atoms with Gasteiger partial charge >= 0.3 is 0 Å². The summed E-state index contributed by atoms with van der Waals surface area (Å²) in [6.07, 6.45) is 3.13. The van der Waals surface area contributed by atoms with E-state index >= 15 is 0 Å². The van der Waals surface area contributed by atoms with Crippen molar-refractivity contribution in [2.24, 2.45) is 5.41 Å². The summed E-state index contributed by atoms with van der Waals surface area (Å²) in [6.45, 7) is 4.20. The molecule has 1 aromatic heterocycles. The number of Topliss-reactive ketones (excluding diaryl/α,β-unsaturated/α-hetero) is 1. The molecule has 1 aliphatic heterocycles. The van der Waals surface area contributed by atoms with E-state index in [0.29, 0.717) is 38.8 Å². The number of hydrogen-bond donors (Lipinski definition) is 2. The number of rotatable bonds is 2. The number of allylic oxidation sites excluding steroid dienone is 2. The summed E-state index contributed by atoms with van der Waals surface area (Å²) in [4.78, 5) is 22.2. The minimum atomic E-state index is -0.375. The number of benzene rings is 1. The van der Waals surface area contributed by atoms with Crippen LogP contribution in [-0.2, 0) is 4.79 Å². The highest BCUT2D eigenvalue weighted by Crippen LogP contribution is 2.50. The number of aromatic nitrogens is 2. The van der Waals surface area contributed by atoms with Crippen LogP contribution in [0.2, 0.25) is 10.0 Å². The third kappa shape index (κ3) is 3.27. The van der Waals surface area contributed by atoms with Gasteiger partial charge in [0.1, 0.15) is 11.6 Å². The zero-order valence-corrected chi connectivity index (χ0v) is 18.1. The molecular weight excluding hydrogens is 415 g/mol. The second-order valence-electron chi connectivity index (χ2n) is 7.92. The number of nitrogens with zero attached hydrogens (tertiary/aromatic N) is 2. The number of carbonyl (C=O) groups is 1. The molecule has 0 amide bonds. The zero-order valence-electron chi connectivity index (χ0n) is 15.8. The lowest BCUT2D eigenvalue weighted by molar-refractivity contribution is -0.118. The normalized spacial score (nSPS) is 20.5. The van der Waals surface area contributed by atoms with Crippen LogP contribution in [0.5, 0.6) is 0 Å². The number of nitrogens with two attached hydrogens (primary N) is 1. The van der Waals surface area contributed by atoms with Crippen LogP contribution in [0.1, 0.15) is 43.7 Å². The van der Waals surface area contributed by atoms with Gasteiger partial charge in [0.05, 0.1) is 10.0 Å².